The van der Waals surface area contributed by atoms with Gasteiger partial charge in [0.1, 0.15) is 0 Å². The summed E-state index contributed by atoms with van der Waals surface area (Å²) in [4.78, 5) is 22.0. The third-order valence-corrected chi connectivity index (χ3v) is 2.54. The molecule has 0 aromatic carbocycles. The molecule has 0 aliphatic carbocycles. The highest BCUT2D eigenvalue weighted by molar-refractivity contribution is 5.81. The molecule has 0 saturated carbocycles. The van der Waals surface area contributed by atoms with Crippen LogP contribution in [0, 0.1) is 5.92 Å². The van der Waals surface area contributed by atoms with Crippen LogP contribution in [0.5, 0.6) is 0 Å². The maximum absolute atomic E-state index is 11.5. The Labute approximate surface area is 96.4 Å². The number of carbonyl (C=O) groups excluding carboxylic acids is 1. The molecule has 0 bridgehead atoms. The van der Waals surface area contributed by atoms with Crippen molar-refractivity contribution in [3.63, 3.8) is 0 Å². The van der Waals surface area contributed by atoms with Crippen LogP contribution < -0.4 is 11.1 Å². The van der Waals surface area contributed by atoms with E-state index in [4.69, 9.17) is 10.8 Å². The van der Waals surface area contributed by atoms with Gasteiger partial charge >= 0.3 is 5.97 Å². The number of hydrogen-bond donors (Lipinski definition) is 3. The zero-order chi connectivity index (χ0) is 12.6. The molecule has 0 aliphatic heterocycles. The predicted molar refractivity (Wildman–Crippen MR) is 61.9 cm³/mol. The van der Waals surface area contributed by atoms with E-state index in [1.54, 1.807) is 0 Å². The van der Waals surface area contributed by atoms with E-state index >= 15 is 0 Å². The van der Waals surface area contributed by atoms with Crippen molar-refractivity contribution in [1.82, 2.24) is 5.32 Å². The first kappa shape index (κ1) is 14.9. The number of hydrogen-bond acceptors (Lipinski definition) is 3. The van der Waals surface area contributed by atoms with Crippen molar-refractivity contribution in [2.75, 3.05) is 6.54 Å². The van der Waals surface area contributed by atoms with Crippen LogP contribution in [0.25, 0.3) is 0 Å². The molecule has 5 nitrogen and oxygen atoms in total. The Morgan fingerprint density at radius 2 is 2.00 bits per heavy atom. The van der Waals surface area contributed by atoms with E-state index in [-0.39, 0.29) is 18.2 Å². The minimum absolute atomic E-state index is 0.0183. The molecule has 0 aliphatic rings. The maximum Gasteiger partial charge on any atom is 0.303 e. The molecule has 0 aromatic rings. The van der Waals surface area contributed by atoms with Gasteiger partial charge in [0.15, 0.2) is 0 Å². The van der Waals surface area contributed by atoms with Crippen molar-refractivity contribution in [3.8, 4) is 0 Å². The number of nitrogens with one attached hydrogen (secondary N) is 1. The third kappa shape index (κ3) is 6.40. The standard InChI is InChI=1S/C11H22N2O3/c1-3-5-9(12)11(16)13-7-8(4-2)6-10(14)15/h8-9H,3-7,12H2,1-2H3,(H,13,16)(H,14,15). The lowest BCUT2D eigenvalue weighted by Gasteiger charge is -2.16. The average Bonchev–Trinajstić information content (AvgIpc) is 2.23. The number of nitrogens with two attached hydrogens (primary N) is 1. The van der Waals surface area contributed by atoms with Crippen LogP contribution >= 0.6 is 0 Å². The molecular weight excluding hydrogens is 208 g/mol. The summed E-state index contributed by atoms with van der Waals surface area (Å²) in [6, 6.07) is -0.479. The van der Waals surface area contributed by atoms with Gasteiger partial charge in [-0.15, -0.1) is 0 Å². The summed E-state index contributed by atoms with van der Waals surface area (Å²) in [5.41, 5.74) is 5.63. The Morgan fingerprint density at radius 1 is 1.38 bits per heavy atom. The smallest absolute Gasteiger partial charge is 0.303 e. The number of aliphatic carboxylic acids is 1. The Bertz CT molecular complexity index is 231. The van der Waals surface area contributed by atoms with Gasteiger partial charge in [0.25, 0.3) is 0 Å². The van der Waals surface area contributed by atoms with E-state index in [1.807, 2.05) is 13.8 Å². The molecule has 1 amide bonds. The molecule has 2 unspecified atom stereocenters. The molecular formula is C11H22N2O3. The summed E-state index contributed by atoms with van der Waals surface area (Å²) < 4.78 is 0. The fourth-order valence-corrected chi connectivity index (χ4v) is 1.43. The van der Waals surface area contributed by atoms with Crippen molar-refractivity contribution in [2.45, 2.75) is 45.6 Å². The van der Waals surface area contributed by atoms with Crippen LogP contribution in [0.1, 0.15) is 39.5 Å². The summed E-state index contributed by atoms with van der Waals surface area (Å²) in [5.74, 6) is -1.04. The van der Waals surface area contributed by atoms with E-state index in [1.165, 1.54) is 0 Å². The summed E-state index contributed by atoms with van der Waals surface area (Å²) >= 11 is 0. The first-order valence-electron chi connectivity index (χ1n) is 5.76. The van der Waals surface area contributed by atoms with Gasteiger partial charge in [-0.2, -0.15) is 0 Å². The monoisotopic (exact) mass is 230 g/mol. The van der Waals surface area contributed by atoms with Crippen LogP contribution in [0.4, 0.5) is 0 Å². The maximum atomic E-state index is 11.5. The fourth-order valence-electron chi connectivity index (χ4n) is 1.43. The first-order valence-corrected chi connectivity index (χ1v) is 5.76. The number of carbonyl (C=O) groups is 2. The number of carboxylic acids is 1. The Balaban J connectivity index is 3.91. The van der Waals surface area contributed by atoms with Crippen molar-refractivity contribution in [3.05, 3.63) is 0 Å². The Hall–Kier alpha value is -1.10. The molecule has 0 aromatic heterocycles. The van der Waals surface area contributed by atoms with Crippen LogP contribution in [0.3, 0.4) is 0 Å². The van der Waals surface area contributed by atoms with Crippen LogP contribution in [-0.2, 0) is 9.59 Å². The Morgan fingerprint density at radius 3 is 2.44 bits per heavy atom. The lowest BCUT2D eigenvalue weighted by atomic mass is 10.0. The largest absolute Gasteiger partial charge is 0.481 e. The van der Waals surface area contributed by atoms with Gasteiger partial charge in [-0.25, -0.2) is 0 Å². The highest BCUT2D eigenvalue weighted by atomic mass is 16.4. The van der Waals surface area contributed by atoms with E-state index in [0.717, 1.165) is 12.8 Å². The molecule has 94 valence electrons. The third-order valence-electron chi connectivity index (χ3n) is 2.54. The molecule has 0 radical (unpaired) electrons. The lowest BCUT2D eigenvalue weighted by Crippen LogP contribution is -2.42. The van der Waals surface area contributed by atoms with Gasteiger partial charge in [0.05, 0.1) is 6.04 Å². The molecule has 0 rings (SSSR count). The molecule has 5 heteroatoms. The molecule has 0 fully saturated rings. The van der Waals surface area contributed by atoms with Crippen LogP contribution in [0.15, 0.2) is 0 Å². The SMILES string of the molecule is CCCC(N)C(=O)NCC(CC)CC(=O)O. The van der Waals surface area contributed by atoms with Gasteiger partial charge < -0.3 is 16.2 Å². The van der Waals surface area contributed by atoms with Crippen LogP contribution in [-0.4, -0.2) is 29.6 Å². The summed E-state index contributed by atoms with van der Waals surface area (Å²) in [5, 5.41) is 11.3. The van der Waals surface area contributed by atoms with Crippen molar-refractivity contribution < 1.29 is 14.7 Å². The van der Waals surface area contributed by atoms with Crippen molar-refractivity contribution in [1.29, 1.82) is 0 Å². The summed E-state index contributed by atoms with van der Waals surface area (Å²) in [6.45, 7) is 4.26. The molecule has 0 spiro atoms. The van der Waals surface area contributed by atoms with E-state index < -0.39 is 12.0 Å². The van der Waals surface area contributed by atoms with E-state index in [2.05, 4.69) is 5.32 Å². The number of carboxylic acid groups (broad SMARTS) is 1. The second kappa shape index (κ2) is 8.10. The molecule has 2 atom stereocenters. The molecule has 0 saturated heterocycles. The quantitative estimate of drug-likeness (QED) is 0.573. The van der Waals surface area contributed by atoms with Crippen molar-refractivity contribution >= 4 is 11.9 Å². The lowest BCUT2D eigenvalue weighted by molar-refractivity contribution is -0.138. The average molecular weight is 230 g/mol. The Kier molecular flexibility index (Phi) is 7.54. The van der Waals surface area contributed by atoms with Gasteiger partial charge in [0.2, 0.25) is 5.91 Å². The van der Waals surface area contributed by atoms with Crippen molar-refractivity contribution in [2.24, 2.45) is 11.7 Å². The minimum Gasteiger partial charge on any atom is -0.481 e. The normalized spacial score (nSPS) is 14.2. The number of rotatable bonds is 8. The highest BCUT2D eigenvalue weighted by Crippen LogP contribution is 2.06. The zero-order valence-corrected chi connectivity index (χ0v) is 10.0. The molecule has 4 N–H and O–H groups in total. The topological polar surface area (TPSA) is 92.4 Å². The van der Waals surface area contributed by atoms with Gasteiger partial charge in [-0.1, -0.05) is 26.7 Å². The predicted octanol–water partition coefficient (Wildman–Crippen LogP) is 0.731. The second-order valence-corrected chi connectivity index (χ2v) is 4.01. The molecule has 16 heavy (non-hydrogen) atoms. The van der Waals surface area contributed by atoms with Gasteiger partial charge in [0, 0.05) is 13.0 Å². The molecule has 0 heterocycles. The zero-order valence-electron chi connectivity index (χ0n) is 10.0. The van der Waals surface area contributed by atoms with Crippen LogP contribution in [0.2, 0.25) is 0 Å². The minimum atomic E-state index is -0.834. The summed E-state index contributed by atoms with van der Waals surface area (Å²) in [6.07, 6.45) is 2.33. The first-order chi connectivity index (χ1) is 7.51. The summed E-state index contributed by atoms with van der Waals surface area (Å²) in [7, 11) is 0. The fraction of sp³-hybridized carbons (Fsp3) is 0.818. The van der Waals surface area contributed by atoms with Gasteiger partial charge in [-0.05, 0) is 12.3 Å². The highest BCUT2D eigenvalue weighted by Gasteiger charge is 2.15. The number of amides is 1. The second-order valence-electron chi connectivity index (χ2n) is 4.01. The van der Waals surface area contributed by atoms with E-state index in [9.17, 15) is 9.59 Å². The van der Waals surface area contributed by atoms with E-state index in [0.29, 0.717) is 13.0 Å². The van der Waals surface area contributed by atoms with Gasteiger partial charge in [-0.3, -0.25) is 9.59 Å².